The number of alkyl halides is 1. The van der Waals surface area contributed by atoms with Gasteiger partial charge in [-0.3, -0.25) is 0 Å². The van der Waals surface area contributed by atoms with Gasteiger partial charge in [0.2, 0.25) is 0 Å². The van der Waals surface area contributed by atoms with Gasteiger partial charge in [-0.2, -0.15) is 0 Å². The lowest BCUT2D eigenvalue weighted by atomic mass is 9.92. The summed E-state index contributed by atoms with van der Waals surface area (Å²) < 4.78 is 0. The summed E-state index contributed by atoms with van der Waals surface area (Å²) in [6, 6.07) is 17.6. The van der Waals surface area contributed by atoms with Gasteiger partial charge in [0.1, 0.15) is 0 Å². The third-order valence-electron chi connectivity index (χ3n) is 3.26. The highest BCUT2D eigenvalue weighted by molar-refractivity contribution is 9.09. The predicted octanol–water partition coefficient (Wildman–Crippen LogP) is 5.02. The molecular weight excluding hydrogens is 284 g/mol. The topological polar surface area (TPSA) is 0 Å². The molecule has 0 fully saturated rings. The fourth-order valence-electron chi connectivity index (χ4n) is 2.31. The fourth-order valence-corrected chi connectivity index (χ4v) is 2.91. The van der Waals surface area contributed by atoms with Crippen molar-refractivity contribution in [1.29, 1.82) is 0 Å². The van der Waals surface area contributed by atoms with Crippen LogP contribution in [0.15, 0.2) is 48.5 Å². The van der Waals surface area contributed by atoms with Crippen LogP contribution in [0.25, 0.3) is 0 Å². The molecule has 0 radical (unpaired) electrons. The summed E-state index contributed by atoms with van der Waals surface area (Å²) in [5.74, 6) is 0.548. The summed E-state index contributed by atoms with van der Waals surface area (Å²) in [7, 11) is 0. The molecule has 0 spiro atoms. The summed E-state index contributed by atoms with van der Waals surface area (Å²) in [4.78, 5) is 0. The van der Waals surface area contributed by atoms with Crippen molar-refractivity contribution in [3.8, 4) is 0 Å². The lowest BCUT2D eigenvalue weighted by Gasteiger charge is -2.15. The molecule has 2 aromatic carbocycles. The van der Waals surface area contributed by atoms with E-state index in [1.807, 2.05) is 0 Å². The van der Waals surface area contributed by atoms with Crippen molar-refractivity contribution < 1.29 is 0 Å². The number of aryl methyl sites for hydroxylation is 2. The Bertz CT molecular complexity index is 517. The molecule has 0 aliphatic rings. The quantitative estimate of drug-likeness (QED) is 0.695. The van der Waals surface area contributed by atoms with Crippen molar-refractivity contribution in [3.63, 3.8) is 0 Å². The Morgan fingerprint density at radius 3 is 2.22 bits per heavy atom. The van der Waals surface area contributed by atoms with Crippen LogP contribution < -0.4 is 0 Å². The van der Waals surface area contributed by atoms with Gasteiger partial charge >= 0.3 is 0 Å². The van der Waals surface area contributed by atoms with Gasteiger partial charge < -0.3 is 0 Å². The molecule has 1 atom stereocenters. The highest BCUT2D eigenvalue weighted by Crippen LogP contribution is 2.24. The zero-order valence-corrected chi connectivity index (χ0v) is 12.6. The van der Waals surface area contributed by atoms with Gasteiger partial charge in [0.25, 0.3) is 0 Å². The second-order valence-corrected chi connectivity index (χ2v) is 5.61. The molecular formula is C17H19Br. The van der Waals surface area contributed by atoms with E-state index < -0.39 is 0 Å². The second kappa shape index (κ2) is 6.19. The first-order valence-electron chi connectivity index (χ1n) is 6.37. The highest BCUT2D eigenvalue weighted by atomic mass is 79.9. The number of hydrogen-bond acceptors (Lipinski definition) is 0. The van der Waals surface area contributed by atoms with Crippen molar-refractivity contribution >= 4 is 15.9 Å². The summed E-state index contributed by atoms with van der Waals surface area (Å²) in [5.41, 5.74) is 5.52. The number of hydrogen-bond donors (Lipinski definition) is 0. The summed E-state index contributed by atoms with van der Waals surface area (Å²) in [6.07, 6.45) is 1.09. The monoisotopic (exact) mass is 302 g/mol. The fraction of sp³-hybridized carbons (Fsp3) is 0.294. The van der Waals surface area contributed by atoms with Crippen LogP contribution in [-0.4, -0.2) is 5.33 Å². The lowest BCUT2D eigenvalue weighted by molar-refractivity contribution is 0.774. The van der Waals surface area contributed by atoms with Crippen molar-refractivity contribution in [2.24, 2.45) is 0 Å². The average Bonchev–Trinajstić information content (AvgIpc) is 2.36. The van der Waals surface area contributed by atoms with E-state index in [-0.39, 0.29) is 0 Å². The smallest absolute Gasteiger partial charge is 0.0103 e. The maximum Gasteiger partial charge on any atom is 0.0103 e. The SMILES string of the molecule is Cc1cccc(CC(CBr)c2cccc(C)c2)c1. The minimum absolute atomic E-state index is 0.548. The first-order valence-corrected chi connectivity index (χ1v) is 7.49. The van der Waals surface area contributed by atoms with E-state index in [0.29, 0.717) is 5.92 Å². The average molecular weight is 303 g/mol. The molecule has 0 aliphatic carbocycles. The van der Waals surface area contributed by atoms with Crippen LogP contribution >= 0.6 is 15.9 Å². The number of rotatable bonds is 4. The molecule has 0 saturated heterocycles. The Labute approximate surface area is 118 Å². The van der Waals surface area contributed by atoms with Gasteiger partial charge in [0.15, 0.2) is 0 Å². The maximum atomic E-state index is 3.65. The minimum atomic E-state index is 0.548. The van der Waals surface area contributed by atoms with E-state index in [2.05, 4.69) is 78.3 Å². The van der Waals surface area contributed by atoms with Gasteiger partial charge in [-0.1, -0.05) is 75.6 Å². The number of benzene rings is 2. The van der Waals surface area contributed by atoms with Gasteiger partial charge in [-0.25, -0.2) is 0 Å². The van der Waals surface area contributed by atoms with Crippen LogP contribution in [0.1, 0.15) is 28.2 Å². The van der Waals surface area contributed by atoms with Crippen molar-refractivity contribution in [2.75, 3.05) is 5.33 Å². The molecule has 0 nitrogen and oxygen atoms in total. The summed E-state index contributed by atoms with van der Waals surface area (Å²) in [6.45, 7) is 4.31. The zero-order chi connectivity index (χ0) is 13.0. The summed E-state index contributed by atoms with van der Waals surface area (Å²) >= 11 is 3.65. The third kappa shape index (κ3) is 3.46. The Morgan fingerprint density at radius 2 is 1.61 bits per heavy atom. The Balaban J connectivity index is 2.19. The van der Waals surface area contributed by atoms with E-state index in [1.165, 1.54) is 22.3 Å². The molecule has 2 aromatic rings. The Hall–Kier alpha value is -1.08. The van der Waals surface area contributed by atoms with Crippen molar-refractivity contribution in [2.45, 2.75) is 26.2 Å². The molecule has 2 rings (SSSR count). The van der Waals surface area contributed by atoms with E-state index in [4.69, 9.17) is 0 Å². The standard InChI is InChI=1S/C17H19Br/c1-13-5-3-7-15(9-13)11-17(12-18)16-8-4-6-14(2)10-16/h3-10,17H,11-12H2,1-2H3. The van der Waals surface area contributed by atoms with E-state index >= 15 is 0 Å². The Morgan fingerprint density at radius 1 is 0.944 bits per heavy atom. The Kier molecular flexibility index (Phi) is 4.60. The van der Waals surface area contributed by atoms with Crippen LogP contribution in [0.4, 0.5) is 0 Å². The normalized spacial score (nSPS) is 12.4. The van der Waals surface area contributed by atoms with Crippen molar-refractivity contribution in [3.05, 3.63) is 70.8 Å². The van der Waals surface area contributed by atoms with Crippen LogP contribution in [0.2, 0.25) is 0 Å². The maximum absolute atomic E-state index is 3.65. The summed E-state index contributed by atoms with van der Waals surface area (Å²) in [5, 5.41) is 1.00. The molecule has 0 bridgehead atoms. The predicted molar refractivity (Wildman–Crippen MR) is 82.6 cm³/mol. The molecule has 0 saturated carbocycles. The van der Waals surface area contributed by atoms with Gasteiger partial charge in [0, 0.05) is 5.33 Å². The molecule has 0 N–H and O–H groups in total. The molecule has 1 unspecified atom stereocenters. The minimum Gasteiger partial charge on any atom is -0.0921 e. The molecule has 18 heavy (non-hydrogen) atoms. The molecule has 94 valence electrons. The zero-order valence-electron chi connectivity index (χ0n) is 11.0. The van der Waals surface area contributed by atoms with Gasteiger partial charge in [0.05, 0.1) is 0 Å². The molecule has 1 heteroatoms. The van der Waals surface area contributed by atoms with Gasteiger partial charge in [-0.05, 0) is 37.3 Å². The molecule has 0 amide bonds. The van der Waals surface area contributed by atoms with Gasteiger partial charge in [-0.15, -0.1) is 0 Å². The first kappa shape index (κ1) is 13.4. The van der Waals surface area contributed by atoms with Crippen LogP contribution in [0.5, 0.6) is 0 Å². The first-order chi connectivity index (χ1) is 8.69. The molecule has 0 aliphatic heterocycles. The largest absolute Gasteiger partial charge is 0.0921 e. The molecule has 0 heterocycles. The highest BCUT2D eigenvalue weighted by Gasteiger charge is 2.11. The van der Waals surface area contributed by atoms with Crippen LogP contribution in [0.3, 0.4) is 0 Å². The lowest BCUT2D eigenvalue weighted by Crippen LogP contribution is -2.05. The second-order valence-electron chi connectivity index (χ2n) is 4.96. The van der Waals surface area contributed by atoms with Crippen LogP contribution in [-0.2, 0) is 6.42 Å². The van der Waals surface area contributed by atoms with E-state index in [0.717, 1.165) is 11.8 Å². The molecule has 0 aromatic heterocycles. The third-order valence-corrected chi connectivity index (χ3v) is 4.05. The van der Waals surface area contributed by atoms with E-state index in [1.54, 1.807) is 0 Å². The van der Waals surface area contributed by atoms with E-state index in [9.17, 15) is 0 Å². The van der Waals surface area contributed by atoms with Crippen molar-refractivity contribution in [1.82, 2.24) is 0 Å². The number of halogens is 1. The van der Waals surface area contributed by atoms with Crippen LogP contribution in [0, 0.1) is 13.8 Å².